The first-order valence-corrected chi connectivity index (χ1v) is 13.8. The molecule has 5 rings (SSSR count). The second kappa shape index (κ2) is 17.9. The number of rotatable bonds is 4. The molecule has 40 heavy (non-hydrogen) atoms. The van der Waals surface area contributed by atoms with Crippen LogP contribution >= 0.6 is 0 Å². The molecule has 8 nitrogen and oxygen atoms in total. The first kappa shape index (κ1) is 32.6. The fourth-order valence-electron chi connectivity index (χ4n) is 4.34. The van der Waals surface area contributed by atoms with Crippen LogP contribution in [0.25, 0.3) is 16.8 Å². The van der Waals surface area contributed by atoms with Gasteiger partial charge < -0.3 is 24.0 Å². The van der Waals surface area contributed by atoms with Crippen molar-refractivity contribution in [1.82, 2.24) is 19.4 Å². The number of ether oxygens (including phenoxy) is 2. The molecule has 216 valence electrons. The van der Waals surface area contributed by atoms with Crippen LogP contribution in [0.3, 0.4) is 0 Å². The summed E-state index contributed by atoms with van der Waals surface area (Å²) in [4.78, 5) is 21.7. The van der Waals surface area contributed by atoms with Gasteiger partial charge in [0.1, 0.15) is 5.76 Å². The molecule has 3 aromatic rings. The predicted molar refractivity (Wildman–Crippen MR) is 162 cm³/mol. The van der Waals surface area contributed by atoms with Gasteiger partial charge in [0.25, 0.3) is 5.56 Å². The largest absolute Gasteiger partial charge is 0.496 e. The number of benzene rings is 1. The number of hydrogen-bond donors (Lipinski definition) is 1. The number of hydrogen-bond acceptors (Lipinski definition) is 7. The number of morpholine rings is 1. The zero-order chi connectivity index (χ0) is 29.3. The lowest BCUT2D eigenvalue weighted by molar-refractivity contribution is -0.0209. The maximum atomic E-state index is 11.3. The van der Waals surface area contributed by atoms with Crippen LogP contribution in [0.1, 0.15) is 50.3 Å². The maximum absolute atomic E-state index is 11.3. The highest BCUT2D eigenvalue weighted by Crippen LogP contribution is 2.31. The molecule has 1 atom stereocenters. The Labute approximate surface area is 238 Å². The summed E-state index contributed by atoms with van der Waals surface area (Å²) in [5, 5.41) is 7.00. The average Bonchev–Trinajstić information content (AvgIpc) is 3.27. The first-order chi connectivity index (χ1) is 19.5. The molecule has 0 amide bonds. The molecule has 1 N–H and O–H groups in total. The van der Waals surface area contributed by atoms with Gasteiger partial charge in [-0.05, 0) is 61.7 Å². The summed E-state index contributed by atoms with van der Waals surface area (Å²) >= 11 is 0. The van der Waals surface area contributed by atoms with Gasteiger partial charge in [-0.1, -0.05) is 38.1 Å². The van der Waals surface area contributed by atoms with Crippen LogP contribution in [0.2, 0.25) is 0 Å². The third kappa shape index (κ3) is 9.55. The zero-order valence-corrected chi connectivity index (χ0v) is 24.7. The topological polar surface area (TPSA) is 89.7 Å². The van der Waals surface area contributed by atoms with E-state index in [1.54, 1.807) is 26.6 Å². The Morgan fingerprint density at radius 3 is 2.48 bits per heavy atom. The number of methoxy groups -OCH3 is 1. The summed E-state index contributed by atoms with van der Waals surface area (Å²) in [5.41, 5.74) is 5.35. The minimum absolute atomic E-state index is 0.0631. The molecule has 8 heteroatoms. The van der Waals surface area contributed by atoms with Crippen molar-refractivity contribution in [2.24, 2.45) is 7.05 Å². The van der Waals surface area contributed by atoms with Crippen LogP contribution in [0.5, 0.6) is 0 Å². The highest BCUT2D eigenvalue weighted by Gasteiger charge is 2.20. The number of aliphatic hydroxyl groups excluding tert-OH is 1. The summed E-state index contributed by atoms with van der Waals surface area (Å²) in [6.45, 7) is 6.78. The van der Waals surface area contributed by atoms with E-state index in [1.807, 2.05) is 26.0 Å². The quantitative estimate of drug-likeness (QED) is 0.475. The Morgan fingerprint density at radius 2 is 1.80 bits per heavy atom. The van der Waals surface area contributed by atoms with Gasteiger partial charge in [0.2, 0.25) is 0 Å². The molecule has 1 aromatic carbocycles. The summed E-state index contributed by atoms with van der Waals surface area (Å²) < 4.78 is 13.0. The van der Waals surface area contributed by atoms with Crippen molar-refractivity contribution in [2.45, 2.75) is 39.2 Å². The smallest absolute Gasteiger partial charge is 0.253 e. The van der Waals surface area contributed by atoms with E-state index in [1.165, 1.54) is 40.1 Å². The minimum Gasteiger partial charge on any atom is -0.496 e. The van der Waals surface area contributed by atoms with E-state index >= 15 is 0 Å². The number of aliphatic hydroxyl groups is 1. The zero-order valence-electron chi connectivity index (χ0n) is 24.7. The van der Waals surface area contributed by atoms with Gasteiger partial charge in [0.15, 0.2) is 0 Å². The fraction of sp³-hybridized carbons (Fsp3) is 0.406. The fourth-order valence-corrected chi connectivity index (χ4v) is 4.34. The molecule has 0 radical (unpaired) electrons. The molecular formula is C32H44N4O4. The van der Waals surface area contributed by atoms with E-state index in [-0.39, 0.29) is 11.7 Å². The number of pyridine rings is 1. The summed E-state index contributed by atoms with van der Waals surface area (Å²) in [6, 6.07) is 13.9. The number of aryl methyl sites for hydroxylation is 1. The monoisotopic (exact) mass is 548 g/mol. The van der Waals surface area contributed by atoms with Gasteiger partial charge in [0, 0.05) is 56.8 Å². The van der Waals surface area contributed by atoms with E-state index in [4.69, 9.17) is 14.6 Å². The predicted octanol–water partition coefficient (Wildman–Crippen LogP) is 5.26. The van der Waals surface area contributed by atoms with E-state index < -0.39 is 0 Å². The normalized spacial score (nSPS) is 16.7. The van der Waals surface area contributed by atoms with Gasteiger partial charge in [-0.2, -0.15) is 0 Å². The summed E-state index contributed by atoms with van der Waals surface area (Å²) in [7, 11) is 6.58. The van der Waals surface area contributed by atoms with Crippen LogP contribution in [-0.4, -0.2) is 65.5 Å². The van der Waals surface area contributed by atoms with Gasteiger partial charge in [-0.3, -0.25) is 9.78 Å². The van der Waals surface area contributed by atoms with E-state index in [0.29, 0.717) is 5.69 Å². The van der Waals surface area contributed by atoms with Gasteiger partial charge in [0.05, 0.1) is 31.8 Å². The summed E-state index contributed by atoms with van der Waals surface area (Å²) in [5.74, 6) is 0.997. The van der Waals surface area contributed by atoms with E-state index in [2.05, 4.69) is 58.3 Å². The number of likely N-dealkylation sites (N-methyl/N-ethyl adjacent to an activating group) is 1. The molecular weight excluding hydrogens is 504 g/mol. The molecule has 3 heterocycles. The average molecular weight is 549 g/mol. The van der Waals surface area contributed by atoms with Crippen molar-refractivity contribution in [3.63, 3.8) is 0 Å². The third-order valence-corrected chi connectivity index (χ3v) is 6.41. The van der Waals surface area contributed by atoms with E-state index in [0.717, 1.165) is 51.0 Å². The minimum atomic E-state index is -0.0631. The molecule has 1 unspecified atom stereocenters. The Morgan fingerprint density at radius 1 is 1.05 bits per heavy atom. The Hall–Kier alpha value is -3.59. The molecule has 2 aromatic heterocycles. The van der Waals surface area contributed by atoms with Crippen molar-refractivity contribution >= 4 is 5.57 Å². The van der Waals surface area contributed by atoms with Crippen molar-refractivity contribution in [3.8, 4) is 11.3 Å². The first-order valence-electron chi connectivity index (χ1n) is 13.8. The van der Waals surface area contributed by atoms with E-state index in [9.17, 15) is 4.79 Å². The standard InChI is InChI=1S/C19H25NO2.C10H9N3O.C2H6.CH4O/c1-20-11-12-22-19(14-20)16-8-6-7-15(13-16)17-9-4-3-5-10-18(17)21-2;1-13-7-12-9(6-10(13)14)8-2-4-11-5-3-8;2*1-2/h5-8,10,13,19H,3-4,9,11-12,14H2,1-2H3;2-7H,1H3;1-2H3;2H,1H3. The lowest BCUT2D eigenvalue weighted by Gasteiger charge is -2.30. The molecule has 1 aliphatic heterocycles. The highest BCUT2D eigenvalue weighted by molar-refractivity contribution is 5.70. The van der Waals surface area contributed by atoms with Crippen molar-refractivity contribution in [3.05, 3.63) is 101 Å². The number of allylic oxidation sites excluding steroid dienone is 3. The Balaban J connectivity index is 0.000000268. The van der Waals surface area contributed by atoms with Gasteiger partial charge >= 0.3 is 0 Å². The lowest BCUT2D eigenvalue weighted by atomic mass is 9.96. The summed E-state index contributed by atoms with van der Waals surface area (Å²) in [6.07, 6.45) is 12.7. The molecule has 0 saturated carbocycles. The number of aromatic nitrogens is 3. The molecule has 1 saturated heterocycles. The highest BCUT2D eigenvalue weighted by atomic mass is 16.5. The Bertz CT molecular complexity index is 1270. The molecule has 1 fully saturated rings. The van der Waals surface area contributed by atoms with Crippen LogP contribution in [0, 0.1) is 0 Å². The SMILES string of the molecule is CC.CO.COC1=C(c2cccc(C3CN(C)CCO3)c2)CCCC=C1.Cn1cnc(-c2ccncc2)cc1=O. The second-order valence-electron chi connectivity index (χ2n) is 9.05. The van der Waals surface area contributed by atoms with Crippen LogP contribution in [-0.2, 0) is 16.5 Å². The van der Waals surface area contributed by atoms with Crippen molar-refractivity contribution in [1.29, 1.82) is 0 Å². The van der Waals surface area contributed by atoms with Crippen LogP contribution in [0.15, 0.2) is 83.9 Å². The lowest BCUT2D eigenvalue weighted by Crippen LogP contribution is -2.35. The van der Waals surface area contributed by atoms with Crippen LogP contribution in [0.4, 0.5) is 0 Å². The molecule has 0 spiro atoms. The second-order valence-corrected chi connectivity index (χ2v) is 9.05. The van der Waals surface area contributed by atoms with Crippen LogP contribution < -0.4 is 5.56 Å². The van der Waals surface area contributed by atoms with Crippen molar-refractivity contribution in [2.75, 3.05) is 41.0 Å². The maximum Gasteiger partial charge on any atom is 0.253 e. The van der Waals surface area contributed by atoms with Crippen molar-refractivity contribution < 1.29 is 14.6 Å². The van der Waals surface area contributed by atoms with Gasteiger partial charge in [-0.25, -0.2) is 4.98 Å². The third-order valence-electron chi connectivity index (χ3n) is 6.41. The molecule has 1 aliphatic carbocycles. The number of nitrogens with zero attached hydrogens (tertiary/aromatic N) is 4. The molecule has 2 aliphatic rings. The van der Waals surface area contributed by atoms with Gasteiger partial charge in [-0.15, -0.1) is 0 Å². The Kier molecular flexibility index (Phi) is 14.6. The molecule has 0 bridgehead atoms.